The lowest BCUT2D eigenvalue weighted by molar-refractivity contribution is -0.0496. The van der Waals surface area contributed by atoms with Crippen molar-refractivity contribution in [3.8, 4) is 0 Å². The fourth-order valence-electron chi connectivity index (χ4n) is 3.57. The van der Waals surface area contributed by atoms with Crippen molar-refractivity contribution in [3.05, 3.63) is 12.7 Å². The lowest BCUT2D eigenvalue weighted by Gasteiger charge is -2.33. The first kappa shape index (κ1) is 26.4. The molecule has 0 aromatic heterocycles. The van der Waals surface area contributed by atoms with E-state index in [4.69, 9.17) is 0 Å². The number of likely N-dealkylation sites (tertiary alicyclic amines) is 1. The smallest absolute Gasteiger partial charge is 0.356 e. The van der Waals surface area contributed by atoms with Gasteiger partial charge in [-0.05, 0) is 31.6 Å². The molecule has 0 aromatic rings. The topological polar surface area (TPSA) is 77.0 Å². The van der Waals surface area contributed by atoms with Gasteiger partial charge in [0.15, 0.2) is 5.96 Å². The minimum Gasteiger partial charge on any atom is -0.356 e. The van der Waals surface area contributed by atoms with Crippen LogP contribution in [0.5, 0.6) is 0 Å². The van der Waals surface area contributed by atoms with Crippen molar-refractivity contribution in [1.82, 2.24) is 19.8 Å². The Bertz CT molecular complexity index is 644. The Morgan fingerprint density at radius 3 is 2.24 bits per heavy atom. The van der Waals surface area contributed by atoms with Crippen LogP contribution in [-0.2, 0) is 10.0 Å². The number of rotatable bonds is 6. The van der Waals surface area contributed by atoms with Gasteiger partial charge in [0.2, 0.25) is 0 Å². The second kappa shape index (κ2) is 11.7. The van der Waals surface area contributed by atoms with Crippen LogP contribution in [0.4, 0.5) is 13.2 Å². The van der Waals surface area contributed by atoms with E-state index in [0.717, 1.165) is 32.5 Å². The predicted molar refractivity (Wildman–Crippen MR) is 119 cm³/mol. The highest BCUT2D eigenvalue weighted by Crippen LogP contribution is 2.30. The summed E-state index contributed by atoms with van der Waals surface area (Å²) in [6.07, 6.45) is 4.68. The maximum atomic E-state index is 12.6. The van der Waals surface area contributed by atoms with Gasteiger partial charge < -0.3 is 10.6 Å². The highest BCUT2D eigenvalue weighted by molar-refractivity contribution is 14.0. The molecule has 0 amide bonds. The van der Waals surface area contributed by atoms with E-state index in [2.05, 4.69) is 27.1 Å². The number of hydrogen-bond acceptors (Lipinski definition) is 4. The van der Waals surface area contributed by atoms with Crippen LogP contribution in [0.1, 0.15) is 25.7 Å². The fraction of sp³-hybridized carbons (Fsp3) is 0.824. The van der Waals surface area contributed by atoms with Crippen molar-refractivity contribution in [2.75, 3.05) is 46.3 Å². The van der Waals surface area contributed by atoms with Crippen LogP contribution < -0.4 is 10.6 Å². The van der Waals surface area contributed by atoms with E-state index in [9.17, 15) is 21.6 Å². The highest BCUT2D eigenvalue weighted by atomic mass is 127. The van der Waals surface area contributed by atoms with Crippen LogP contribution in [0, 0.1) is 5.92 Å². The molecule has 2 aliphatic heterocycles. The molecule has 2 fully saturated rings. The van der Waals surface area contributed by atoms with Gasteiger partial charge in [-0.3, -0.25) is 9.89 Å². The molecule has 0 saturated carbocycles. The first-order valence-electron chi connectivity index (χ1n) is 9.54. The molecular formula is C17H31F3IN5O2S. The van der Waals surface area contributed by atoms with E-state index in [1.165, 1.54) is 0 Å². The first-order chi connectivity index (χ1) is 13.2. The van der Waals surface area contributed by atoms with Crippen LogP contribution in [0.15, 0.2) is 17.6 Å². The van der Waals surface area contributed by atoms with E-state index in [1.54, 1.807) is 7.05 Å². The summed E-state index contributed by atoms with van der Waals surface area (Å²) in [7, 11) is -3.54. The third-order valence-electron chi connectivity index (χ3n) is 5.30. The molecule has 2 aliphatic rings. The Morgan fingerprint density at radius 2 is 1.76 bits per heavy atom. The zero-order chi connectivity index (χ0) is 20.8. The number of alkyl halides is 3. The minimum atomic E-state index is -5.23. The van der Waals surface area contributed by atoms with Crippen molar-refractivity contribution in [3.63, 3.8) is 0 Å². The molecule has 0 bridgehead atoms. The normalized spacial score (nSPS) is 21.4. The number of guanidine groups is 1. The third kappa shape index (κ3) is 7.55. The number of sulfonamides is 1. The first-order valence-corrected chi connectivity index (χ1v) is 11.0. The number of halogens is 4. The SMILES string of the molecule is C=CCN1CCC(NC(=NC)NCC2CCN(S(=O)(=O)C(F)(F)F)CC2)CC1.I. The van der Waals surface area contributed by atoms with E-state index >= 15 is 0 Å². The molecule has 0 unspecified atom stereocenters. The molecule has 7 nitrogen and oxygen atoms in total. The van der Waals surface area contributed by atoms with E-state index in [0.29, 0.717) is 35.7 Å². The second-order valence-electron chi connectivity index (χ2n) is 7.25. The fourth-order valence-corrected chi connectivity index (χ4v) is 4.56. The van der Waals surface area contributed by atoms with Crippen molar-refractivity contribution >= 4 is 40.0 Å². The van der Waals surface area contributed by atoms with Gasteiger partial charge in [0.25, 0.3) is 0 Å². The summed E-state index contributed by atoms with van der Waals surface area (Å²) in [5.74, 6) is 0.778. The molecule has 2 heterocycles. The Balaban J connectivity index is 0.00000420. The number of hydrogen-bond donors (Lipinski definition) is 2. The molecule has 0 aliphatic carbocycles. The Hall–Kier alpha value is -0.600. The highest BCUT2D eigenvalue weighted by Gasteiger charge is 2.50. The molecule has 12 heteroatoms. The zero-order valence-electron chi connectivity index (χ0n) is 16.6. The molecule has 2 rings (SSSR count). The second-order valence-corrected chi connectivity index (χ2v) is 9.18. The van der Waals surface area contributed by atoms with Crippen LogP contribution in [-0.4, -0.2) is 81.4 Å². The summed E-state index contributed by atoms with van der Waals surface area (Å²) in [5.41, 5.74) is -5.23. The summed E-state index contributed by atoms with van der Waals surface area (Å²) in [6, 6.07) is 0.325. The molecule has 2 N–H and O–H groups in total. The van der Waals surface area contributed by atoms with E-state index < -0.39 is 15.5 Å². The maximum absolute atomic E-state index is 12.6. The number of nitrogens with zero attached hydrogens (tertiary/aromatic N) is 3. The molecule has 170 valence electrons. The zero-order valence-corrected chi connectivity index (χ0v) is 19.8. The Labute approximate surface area is 188 Å². The third-order valence-corrected chi connectivity index (χ3v) is 6.93. The standard InChI is InChI=1S/C17H30F3N5O2S.HI/c1-3-8-24-9-6-15(7-10-24)23-16(21-2)22-13-14-4-11-25(12-5-14)28(26,27)17(18,19)20;/h3,14-15H,1,4-13H2,2H3,(H2,21,22,23);1H. The predicted octanol–water partition coefficient (Wildman–Crippen LogP) is 1.98. The van der Waals surface area contributed by atoms with Crippen LogP contribution in [0.25, 0.3) is 0 Å². The van der Waals surface area contributed by atoms with Gasteiger partial charge in [-0.15, -0.1) is 30.6 Å². The van der Waals surface area contributed by atoms with Gasteiger partial charge in [0, 0.05) is 52.4 Å². The molecule has 0 atom stereocenters. The van der Waals surface area contributed by atoms with Crippen molar-refractivity contribution < 1.29 is 21.6 Å². The quantitative estimate of drug-likeness (QED) is 0.228. The summed E-state index contributed by atoms with van der Waals surface area (Å²) >= 11 is 0. The largest absolute Gasteiger partial charge is 0.511 e. The van der Waals surface area contributed by atoms with Gasteiger partial charge in [0.1, 0.15) is 0 Å². The Kier molecular flexibility index (Phi) is 10.7. The number of piperidine rings is 2. The van der Waals surface area contributed by atoms with Gasteiger partial charge in [0.05, 0.1) is 0 Å². The van der Waals surface area contributed by atoms with Gasteiger partial charge in [-0.25, -0.2) is 8.42 Å². The Morgan fingerprint density at radius 1 is 1.17 bits per heavy atom. The maximum Gasteiger partial charge on any atom is 0.511 e. The summed E-state index contributed by atoms with van der Waals surface area (Å²) < 4.78 is 61.3. The lowest BCUT2D eigenvalue weighted by atomic mass is 9.98. The summed E-state index contributed by atoms with van der Waals surface area (Å²) in [4.78, 5) is 6.56. The van der Waals surface area contributed by atoms with Crippen LogP contribution in [0.2, 0.25) is 0 Å². The minimum absolute atomic E-state index is 0. The average Bonchev–Trinajstić information content (AvgIpc) is 2.66. The molecular weight excluding hydrogens is 522 g/mol. The van der Waals surface area contributed by atoms with Crippen LogP contribution in [0.3, 0.4) is 0 Å². The van der Waals surface area contributed by atoms with Crippen molar-refractivity contribution in [1.29, 1.82) is 0 Å². The summed E-state index contributed by atoms with van der Waals surface area (Å²) in [5, 5.41) is 6.62. The van der Waals surface area contributed by atoms with E-state index in [1.807, 2.05) is 6.08 Å². The number of nitrogens with one attached hydrogen (secondary N) is 2. The van der Waals surface area contributed by atoms with Gasteiger partial charge in [-0.2, -0.15) is 17.5 Å². The summed E-state index contributed by atoms with van der Waals surface area (Å²) in [6.45, 7) is 6.97. The number of aliphatic imine (C=N–C) groups is 1. The lowest BCUT2D eigenvalue weighted by Crippen LogP contribution is -2.50. The van der Waals surface area contributed by atoms with Gasteiger partial charge >= 0.3 is 15.5 Å². The molecule has 29 heavy (non-hydrogen) atoms. The molecule has 0 spiro atoms. The van der Waals surface area contributed by atoms with Crippen molar-refractivity contribution in [2.24, 2.45) is 10.9 Å². The molecule has 0 aromatic carbocycles. The molecule has 0 radical (unpaired) electrons. The van der Waals surface area contributed by atoms with Crippen LogP contribution >= 0.6 is 24.0 Å². The van der Waals surface area contributed by atoms with Crippen molar-refractivity contribution in [2.45, 2.75) is 37.2 Å². The molecule has 2 saturated heterocycles. The average molecular weight is 553 g/mol. The van der Waals surface area contributed by atoms with Gasteiger partial charge in [-0.1, -0.05) is 6.08 Å². The van der Waals surface area contributed by atoms with E-state index in [-0.39, 0.29) is 43.0 Å². The monoisotopic (exact) mass is 553 g/mol.